The molecule has 0 spiro atoms. The van der Waals surface area contributed by atoms with E-state index in [9.17, 15) is 0 Å². The Balaban J connectivity index is 2.35. The number of rotatable bonds is 2. The van der Waals surface area contributed by atoms with Crippen LogP contribution in [0.5, 0.6) is 0 Å². The van der Waals surface area contributed by atoms with E-state index < -0.39 is 0 Å². The predicted octanol–water partition coefficient (Wildman–Crippen LogP) is 1.25. The van der Waals surface area contributed by atoms with E-state index in [-0.39, 0.29) is 0 Å². The Kier molecular flexibility index (Phi) is 2.81. The standard InChI is InChI=1S/C7H12N2S/c1-3-4-8-7-9-6(2)5-10-7/h3,6H,1,4-5H2,2H3,(H,8,9). The molecule has 1 heterocycles. The van der Waals surface area contributed by atoms with E-state index in [1.807, 2.05) is 0 Å². The molecule has 0 aromatic heterocycles. The van der Waals surface area contributed by atoms with Crippen LogP contribution in [-0.2, 0) is 0 Å². The van der Waals surface area contributed by atoms with Crippen LogP contribution < -0.4 is 5.32 Å². The van der Waals surface area contributed by atoms with Crippen molar-refractivity contribution in [1.29, 1.82) is 0 Å². The van der Waals surface area contributed by atoms with Crippen molar-refractivity contribution in [3.05, 3.63) is 12.7 Å². The predicted molar refractivity (Wildman–Crippen MR) is 47.6 cm³/mol. The first kappa shape index (κ1) is 7.66. The van der Waals surface area contributed by atoms with Gasteiger partial charge in [0.1, 0.15) is 0 Å². The Hall–Kier alpha value is -0.440. The second-order valence-corrected chi connectivity index (χ2v) is 3.30. The van der Waals surface area contributed by atoms with Crippen LogP contribution in [0.3, 0.4) is 0 Å². The molecule has 0 aliphatic carbocycles. The van der Waals surface area contributed by atoms with E-state index >= 15 is 0 Å². The van der Waals surface area contributed by atoms with Gasteiger partial charge in [-0.15, -0.1) is 6.58 Å². The molecule has 10 heavy (non-hydrogen) atoms. The highest BCUT2D eigenvalue weighted by atomic mass is 32.2. The van der Waals surface area contributed by atoms with Gasteiger partial charge in [0.2, 0.25) is 0 Å². The molecular weight excluding hydrogens is 144 g/mol. The molecule has 1 N–H and O–H groups in total. The quantitative estimate of drug-likeness (QED) is 0.609. The van der Waals surface area contributed by atoms with Crippen LogP contribution in [-0.4, -0.2) is 23.5 Å². The number of thioether (sulfide) groups is 1. The minimum absolute atomic E-state index is 0.577. The van der Waals surface area contributed by atoms with Gasteiger partial charge in [0.15, 0.2) is 5.17 Å². The van der Waals surface area contributed by atoms with E-state index in [0.717, 1.165) is 17.5 Å². The Morgan fingerprint density at radius 2 is 2.80 bits per heavy atom. The zero-order valence-corrected chi connectivity index (χ0v) is 6.95. The van der Waals surface area contributed by atoms with Crippen molar-refractivity contribution >= 4 is 16.9 Å². The molecule has 1 rings (SSSR count). The molecule has 0 radical (unpaired) electrons. The molecule has 0 bridgehead atoms. The average molecular weight is 156 g/mol. The van der Waals surface area contributed by atoms with Crippen LogP contribution in [0.2, 0.25) is 0 Å². The largest absolute Gasteiger partial charge is 0.362 e. The van der Waals surface area contributed by atoms with Crippen molar-refractivity contribution in [3.8, 4) is 0 Å². The summed E-state index contributed by atoms with van der Waals surface area (Å²) in [6, 6.07) is 0.577. The lowest BCUT2D eigenvalue weighted by Crippen LogP contribution is -2.23. The van der Waals surface area contributed by atoms with Crippen molar-refractivity contribution in [3.63, 3.8) is 0 Å². The molecule has 56 valence electrons. The summed E-state index contributed by atoms with van der Waals surface area (Å²) < 4.78 is 0. The van der Waals surface area contributed by atoms with E-state index in [4.69, 9.17) is 0 Å². The zero-order chi connectivity index (χ0) is 7.40. The van der Waals surface area contributed by atoms with Gasteiger partial charge in [-0.2, -0.15) is 0 Å². The smallest absolute Gasteiger partial charge is 0.157 e. The summed E-state index contributed by atoms with van der Waals surface area (Å²) in [7, 11) is 0. The van der Waals surface area contributed by atoms with Crippen molar-refractivity contribution < 1.29 is 0 Å². The number of aliphatic imine (C=N–C) groups is 1. The van der Waals surface area contributed by atoms with Crippen LogP contribution in [0.25, 0.3) is 0 Å². The molecule has 0 saturated carbocycles. The van der Waals surface area contributed by atoms with Crippen molar-refractivity contribution in [2.45, 2.75) is 13.0 Å². The second-order valence-electron chi connectivity index (χ2n) is 2.29. The number of hydrogen-bond acceptors (Lipinski definition) is 2. The van der Waals surface area contributed by atoms with Gasteiger partial charge in [-0.3, -0.25) is 4.99 Å². The van der Waals surface area contributed by atoms with Gasteiger partial charge in [-0.1, -0.05) is 17.8 Å². The summed E-state index contributed by atoms with van der Waals surface area (Å²) in [6.07, 6.45) is 1.80. The molecule has 3 heteroatoms. The number of nitrogens with one attached hydrogen (secondary N) is 1. The minimum atomic E-state index is 0.577. The van der Waals surface area contributed by atoms with Gasteiger partial charge in [-0.25, -0.2) is 0 Å². The fourth-order valence-electron chi connectivity index (χ4n) is 0.737. The highest BCUT2D eigenvalue weighted by molar-refractivity contribution is 8.14. The van der Waals surface area contributed by atoms with Gasteiger partial charge in [0.25, 0.3) is 0 Å². The molecule has 0 amide bonds. The first-order chi connectivity index (χ1) is 4.83. The van der Waals surface area contributed by atoms with E-state index in [0.29, 0.717) is 6.04 Å². The Morgan fingerprint density at radius 1 is 2.00 bits per heavy atom. The molecule has 1 saturated heterocycles. The van der Waals surface area contributed by atoms with E-state index in [1.54, 1.807) is 17.8 Å². The fourth-order valence-corrected chi connectivity index (χ4v) is 1.68. The average Bonchev–Trinajstić information content (AvgIpc) is 2.31. The molecular formula is C7H12N2S. The maximum atomic E-state index is 4.24. The number of nitrogens with zero attached hydrogens (tertiary/aromatic N) is 1. The summed E-state index contributed by atoms with van der Waals surface area (Å²) >= 11 is 1.78. The molecule has 0 aromatic rings. The van der Waals surface area contributed by atoms with Crippen LogP contribution in [0.15, 0.2) is 17.6 Å². The van der Waals surface area contributed by atoms with Crippen LogP contribution in [0.4, 0.5) is 0 Å². The summed E-state index contributed by atoms with van der Waals surface area (Å²) in [5.74, 6) is 1.13. The maximum absolute atomic E-state index is 4.24. The minimum Gasteiger partial charge on any atom is -0.362 e. The summed E-state index contributed by atoms with van der Waals surface area (Å²) in [5.41, 5.74) is 0. The van der Waals surface area contributed by atoms with Crippen LogP contribution in [0, 0.1) is 0 Å². The fraction of sp³-hybridized carbons (Fsp3) is 0.571. The number of hydrogen-bond donors (Lipinski definition) is 1. The zero-order valence-electron chi connectivity index (χ0n) is 6.13. The Labute approximate surface area is 65.8 Å². The van der Waals surface area contributed by atoms with Crippen molar-refractivity contribution in [2.24, 2.45) is 4.99 Å². The lowest BCUT2D eigenvalue weighted by Gasteiger charge is -1.98. The highest BCUT2D eigenvalue weighted by Gasteiger charge is 2.14. The first-order valence-corrected chi connectivity index (χ1v) is 4.36. The maximum Gasteiger partial charge on any atom is 0.157 e. The number of amidine groups is 1. The molecule has 1 unspecified atom stereocenters. The van der Waals surface area contributed by atoms with Gasteiger partial charge >= 0.3 is 0 Å². The lowest BCUT2D eigenvalue weighted by atomic mass is 10.4. The highest BCUT2D eigenvalue weighted by Crippen LogP contribution is 2.12. The van der Waals surface area contributed by atoms with E-state index in [1.165, 1.54) is 0 Å². The third kappa shape index (κ3) is 2.06. The van der Waals surface area contributed by atoms with Crippen LogP contribution >= 0.6 is 11.8 Å². The summed E-state index contributed by atoms with van der Waals surface area (Å²) in [5, 5.41) is 4.32. The molecule has 1 atom stereocenters. The SMILES string of the molecule is C=CCN=C1NC(C)CS1. The monoisotopic (exact) mass is 156 g/mol. The van der Waals surface area contributed by atoms with Crippen molar-refractivity contribution in [1.82, 2.24) is 5.32 Å². The lowest BCUT2D eigenvalue weighted by molar-refractivity contribution is 0.766. The Morgan fingerprint density at radius 3 is 3.30 bits per heavy atom. The van der Waals surface area contributed by atoms with Crippen LogP contribution in [0.1, 0.15) is 6.92 Å². The normalized spacial score (nSPS) is 28.5. The van der Waals surface area contributed by atoms with Gasteiger partial charge in [-0.05, 0) is 6.92 Å². The first-order valence-electron chi connectivity index (χ1n) is 3.37. The molecule has 0 aromatic carbocycles. The third-order valence-corrected chi connectivity index (χ3v) is 2.39. The summed E-state index contributed by atoms with van der Waals surface area (Å²) in [6.45, 7) is 6.48. The molecule has 2 nitrogen and oxygen atoms in total. The van der Waals surface area contributed by atoms with Gasteiger partial charge < -0.3 is 5.32 Å². The second kappa shape index (κ2) is 3.66. The molecule has 1 fully saturated rings. The molecule has 1 aliphatic heterocycles. The third-order valence-electron chi connectivity index (χ3n) is 1.20. The topological polar surface area (TPSA) is 24.4 Å². The van der Waals surface area contributed by atoms with Gasteiger partial charge in [0.05, 0.1) is 6.54 Å². The van der Waals surface area contributed by atoms with Gasteiger partial charge in [0, 0.05) is 11.8 Å². The molecule has 1 aliphatic rings. The van der Waals surface area contributed by atoms with Crippen molar-refractivity contribution in [2.75, 3.05) is 12.3 Å². The Bertz CT molecular complexity index is 154. The van der Waals surface area contributed by atoms with E-state index in [2.05, 4.69) is 23.8 Å². The summed E-state index contributed by atoms with van der Waals surface area (Å²) in [4.78, 5) is 4.24.